The molecular formula is C19H29N3O2. The Bertz CT molecular complexity index is 548. The molecule has 0 aromatic heterocycles. The molecule has 1 atom stereocenters. The number of phenols is 1. The van der Waals surface area contributed by atoms with Gasteiger partial charge in [0.1, 0.15) is 5.75 Å². The summed E-state index contributed by atoms with van der Waals surface area (Å²) in [6, 6.07) is 7.14. The van der Waals surface area contributed by atoms with Crippen molar-refractivity contribution in [2.24, 2.45) is 5.92 Å². The Morgan fingerprint density at radius 3 is 2.42 bits per heavy atom. The first kappa shape index (κ1) is 17.2. The predicted octanol–water partition coefficient (Wildman–Crippen LogP) is 1.77. The Morgan fingerprint density at radius 2 is 1.83 bits per heavy atom. The van der Waals surface area contributed by atoms with Crippen LogP contribution in [0.5, 0.6) is 5.75 Å². The zero-order valence-electron chi connectivity index (χ0n) is 14.8. The van der Waals surface area contributed by atoms with Crippen LogP contribution in [0.2, 0.25) is 0 Å². The lowest BCUT2D eigenvalue weighted by Gasteiger charge is -2.37. The number of phenolic OH excluding ortho intramolecular Hbond substituents is 1. The van der Waals surface area contributed by atoms with Gasteiger partial charge in [-0.15, -0.1) is 0 Å². The Morgan fingerprint density at radius 1 is 1.21 bits per heavy atom. The number of hydrogen-bond donors (Lipinski definition) is 1. The van der Waals surface area contributed by atoms with Crippen molar-refractivity contribution in [1.29, 1.82) is 0 Å². The van der Waals surface area contributed by atoms with Gasteiger partial charge < -0.3 is 14.9 Å². The number of nitrogens with zero attached hydrogens (tertiary/aromatic N) is 3. The highest BCUT2D eigenvalue weighted by atomic mass is 16.3. The highest BCUT2D eigenvalue weighted by Gasteiger charge is 2.32. The van der Waals surface area contributed by atoms with Gasteiger partial charge >= 0.3 is 0 Å². The van der Waals surface area contributed by atoms with Crippen LogP contribution >= 0.6 is 0 Å². The van der Waals surface area contributed by atoms with Crippen LogP contribution in [0.25, 0.3) is 0 Å². The largest absolute Gasteiger partial charge is 0.508 e. The summed E-state index contributed by atoms with van der Waals surface area (Å²) >= 11 is 0. The fourth-order valence-electron chi connectivity index (χ4n) is 3.30. The van der Waals surface area contributed by atoms with Crippen LogP contribution in [0.1, 0.15) is 25.3 Å². The zero-order valence-corrected chi connectivity index (χ0v) is 14.8. The molecule has 1 aliphatic carbocycles. The molecule has 5 heteroatoms. The second-order valence-corrected chi connectivity index (χ2v) is 7.34. The molecule has 1 saturated heterocycles. The van der Waals surface area contributed by atoms with Crippen molar-refractivity contribution in [3.8, 4) is 5.75 Å². The highest BCUT2D eigenvalue weighted by Crippen LogP contribution is 2.30. The van der Waals surface area contributed by atoms with E-state index in [0.29, 0.717) is 12.5 Å². The molecule has 3 rings (SSSR count). The first-order valence-corrected chi connectivity index (χ1v) is 9.02. The van der Waals surface area contributed by atoms with Gasteiger partial charge in [0.25, 0.3) is 0 Å². The van der Waals surface area contributed by atoms with E-state index in [1.807, 2.05) is 24.0 Å². The molecule has 24 heavy (non-hydrogen) atoms. The molecule has 132 valence electrons. The Balaban J connectivity index is 1.65. The van der Waals surface area contributed by atoms with Gasteiger partial charge in [0, 0.05) is 39.3 Å². The minimum Gasteiger partial charge on any atom is -0.508 e. The average Bonchev–Trinajstić information content (AvgIpc) is 3.40. The van der Waals surface area contributed by atoms with Gasteiger partial charge in [0.15, 0.2) is 0 Å². The zero-order chi connectivity index (χ0) is 17.1. The summed E-state index contributed by atoms with van der Waals surface area (Å²) < 4.78 is 0. The average molecular weight is 331 g/mol. The lowest BCUT2D eigenvalue weighted by molar-refractivity contribution is -0.138. The maximum atomic E-state index is 13.1. The molecule has 1 aromatic carbocycles. The van der Waals surface area contributed by atoms with Crippen LogP contribution in [0, 0.1) is 5.92 Å². The molecule has 1 unspecified atom stereocenters. The van der Waals surface area contributed by atoms with Gasteiger partial charge in [-0.3, -0.25) is 9.69 Å². The molecule has 1 saturated carbocycles. The summed E-state index contributed by atoms with van der Waals surface area (Å²) in [5.41, 5.74) is 1.08. The number of amides is 1. The van der Waals surface area contributed by atoms with E-state index >= 15 is 0 Å². The molecule has 2 fully saturated rings. The quantitative estimate of drug-likeness (QED) is 0.863. The van der Waals surface area contributed by atoms with Crippen molar-refractivity contribution >= 4 is 5.91 Å². The van der Waals surface area contributed by atoms with Gasteiger partial charge in [-0.05, 0) is 50.4 Å². The van der Waals surface area contributed by atoms with E-state index in [9.17, 15) is 9.90 Å². The van der Waals surface area contributed by atoms with Crippen LogP contribution in [-0.4, -0.2) is 71.5 Å². The van der Waals surface area contributed by atoms with E-state index < -0.39 is 0 Å². The molecule has 2 aliphatic rings. The molecule has 5 nitrogen and oxygen atoms in total. The van der Waals surface area contributed by atoms with Gasteiger partial charge in [0.2, 0.25) is 5.91 Å². The monoisotopic (exact) mass is 331 g/mol. The van der Waals surface area contributed by atoms with Crippen LogP contribution in [0.15, 0.2) is 24.3 Å². The topological polar surface area (TPSA) is 47.0 Å². The summed E-state index contributed by atoms with van der Waals surface area (Å²) in [5, 5.41) is 9.44. The Kier molecular flexibility index (Phi) is 5.41. The van der Waals surface area contributed by atoms with E-state index in [1.54, 1.807) is 12.1 Å². The van der Waals surface area contributed by atoms with Crippen molar-refractivity contribution in [2.75, 3.05) is 39.8 Å². The van der Waals surface area contributed by atoms with E-state index in [1.165, 1.54) is 12.8 Å². The second kappa shape index (κ2) is 7.53. The first-order valence-electron chi connectivity index (χ1n) is 9.02. The van der Waals surface area contributed by atoms with E-state index in [-0.39, 0.29) is 17.7 Å². The van der Waals surface area contributed by atoms with Gasteiger partial charge in [0.05, 0.1) is 6.04 Å². The van der Waals surface area contributed by atoms with Crippen molar-refractivity contribution in [3.63, 3.8) is 0 Å². The smallest absolute Gasteiger partial charge is 0.239 e. The lowest BCUT2D eigenvalue weighted by Crippen LogP contribution is -2.53. The van der Waals surface area contributed by atoms with E-state index in [0.717, 1.165) is 38.3 Å². The number of hydrogen-bond acceptors (Lipinski definition) is 4. The summed E-state index contributed by atoms with van der Waals surface area (Å²) in [6.45, 7) is 7.51. The third-order valence-corrected chi connectivity index (χ3v) is 5.24. The summed E-state index contributed by atoms with van der Waals surface area (Å²) in [5.74, 6) is 1.18. The Labute approximate surface area is 144 Å². The van der Waals surface area contributed by atoms with E-state index in [2.05, 4.69) is 16.8 Å². The third kappa shape index (κ3) is 4.48. The molecule has 1 aromatic rings. The number of piperazine rings is 1. The van der Waals surface area contributed by atoms with Crippen LogP contribution < -0.4 is 0 Å². The van der Waals surface area contributed by atoms with Crippen molar-refractivity contribution in [1.82, 2.24) is 14.7 Å². The van der Waals surface area contributed by atoms with Gasteiger partial charge in [-0.25, -0.2) is 0 Å². The maximum absolute atomic E-state index is 13.1. The highest BCUT2D eigenvalue weighted by molar-refractivity contribution is 5.81. The van der Waals surface area contributed by atoms with E-state index in [4.69, 9.17) is 0 Å². The number of carbonyl (C=O) groups is 1. The van der Waals surface area contributed by atoms with Crippen LogP contribution in [0.4, 0.5) is 0 Å². The first-order chi connectivity index (χ1) is 11.5. The summed E-state index contributed by atoms with van der Waals surface area (Å²) in [7, 11) is 2.13. The molecule has 0 radical (unpaired) electrons. The standard InChI is InChI=1S/C19H29N3O2/c1-15(21-11-9-20(2)10-12-21)19(24)22(13-16-3-4-16)14-17-5-7-18(23)8-6-17/h5-8,15-16,23H,3-4,9-14H2,1-2H3. The molecule has 0 bridgehead atoms. The maximum Gasteiger partial charge on any atom is 0.239 e. The number of carbonyl (C=O) groups excluding carboxylic acids is 1. The predicted molar refractivity (Wildman–Crippen MR) is 94.8 cm³/mol. The molecule has 1 amide bonds. The third-order valence-electron chi connectivity index (χ3n) is 5.24. The normalized spacial score (nSPS) is 20.8. The SMILES string of the molecule is CC(C(=O)N(Cc1ccc(O)cc1)CC1CC1)N1CCN(C)CC1. The lowest BCUT2D eigenvalue weighted by atomic mass is 10.1. The summed E-state index contributed by atoms with van der Waals surface area (Å²) in [6.07, 6.45) is 2.48. The van der Waals surface area contributed by atoms with Crippen molar-refractivity contribution in [3.05, 3.63) is 29.8 Å². The fourth-order valence-corrected chi connectivity index (χ4v) is 3.30. The fraction of sp³-hybridized carbons (Fsp3) is 0.632. The number of rotatable bonds is 6. The summed E-state index contributed by atoms with van der Waals surface area (Å²) in [4.78, 5) is 19.7. The van der Waals surface area contributed by atoms with Crippen molar-refractivity contribution in [2.45, 2.75) is 32.4 Å². The number of likely N-dealkylation sites (N-methyl/N-ethyl adjacent to an activating group) is 1. The van der Waals surface area contributed by atoms with Crippen LogP contribution in [0.3, 0.4) is 0 Å². The molecule has 1 heterocycles. The van der Waals surface area contributed by atoms with Gasteiger partial charge in [-0.1, -0.05) is 12.1 Å². The number of benzene rings is 1. The van der Waals surface area contributed by atoms with Gasteiger partial charge in [-0.2, -0.15) is 0 Å². The minimum absolute atomic E-state index is 0.0606. The van der Waals surface area contributed by atoms with Crippen molar-refractivity contribution < 1.29 is 9.90 Å². The van der Waals surface area contributed by atoms with Crippen LogP contribution in [-0.2, 0) is 11.3 Å². The second-order valence-electron chi connectivity index (χ2n) is 7.34. The molecule has 1 aliphatic heterocycles. The molecule has 0 spiro atoms. The number of aromatic hydroxyl groups is 1. The molecular weight excluding hydrogens is 302 g/mol. The minimum atomic E-state index is -0.0606. The Hall–Kier alpha value is -1.59. The molecule has 1 N–H and O–H groups in total.